The summed E-state index contributed by atoms with van der Waals surface area (Å²) in [6, 6.07) is 0. The Bertz CT molecular complexity index is 261. The first-order valence-corrected chi connectivity index (χ1v) is 7.48. The molecule has 92 valence electrons. The van der Waals surface area contributed by atoms with E-state index in [2.05, 4.69) is 19.3 Å². The number of hydrogen-bond acceptors (Lipinski definition) is 1. The highest BCUT2D eigenvalue weighted by Crippen LogP contribution is 2.67. The Morgan fingerprint density at radius 2 is 1.75 bits per heavy atom. The van der Waals surface area contributed by atoms with E-state index in [-0.39, 0.29) is 0 Å². The zero-order chi connectivity index (χ0) is 11.2. The van der Waals surface area contributed by atoms with Gasteiger partial charge in [0.05, 0.1) is 0 Å². The molecule has 3 unspecified atom stereocenters. The fourth-order valence-corrected chi connectivity index (χ4v) is 6.01. The molecule has 3 aliphatic rings. The van der Waals surface area contributed by atoms with E-state index in [1.54, 1.807) is 0 Å². The van der Waals surface area contributed by atoms with Gasteiger partial charge in [0, 0.05) is 5.54 Å². The molecule has 3 saturated carbocycles. The predicted molar refractivity (Wildman–Crippen MR) is 68.4 cm³/mol. The van der Waals surface area contributed by atoms with Crippen molar-refractivity contribution in [2.45, 2.75) is 70.3 Å². The van der Waals surface area contributed by atoms with Crippen molar-refractivity contribution in [2.24, 2.45) is 17.3 Å². The average molecular weight is 221 g/mol. The molecule has 16 heavy (non-hydrogen) atoms. The van der Waals surface area contributed by atoms with Gasteiger partial charge in [0.15, 0.2) is 0 Å². The SMILES string of the molecule is CCC1(NC)C2CCC(C2)C12CCCCC2. The highest BCUT2D eigenvalue weighted by atomic mass is 15.0. The van der Waals surface area contributed by atoms with E-state index >= 15 is 0 Å². The summed E-state index contributed by atoms with van der Waals surface area (Å²) in [6.45, 7) is 2.42. The Morgan fingerprint density at radius 3 is 2.38 bits per heavy atom. The standard InChI is InChI=1S/C15H27N/c1-3-15(16-2)13-8-7-12(11-13)14(15)9-5-4-6-10-14/h12-13,16H,3-11H2,1-2H3. The maximum absolute atomic E-state index is 3.82. The van der Waals surface area contributed by atoms with Gasteiger partial charge in [-0.1, -0.05) is 26.2 Å². The number of fused-ring (bicyclic) bond motifs is 3. The Balaban J connectivity index is 2.00. The van der Waals surface area contributed by atoms with Crippen molar-refractivity contribution in [3.05, 3.63) is 0 Å². The van der Waals surface area contributed by atoms with Crippen LogP contribution < -0.4 is 5.32 Å². The molecule has 3 fully saturated rings. The van der Waals surface area contributed by atoms with Crippen LogP contribution in [0.25, 0.3) is 0 Å². The zero-order valence-corrected chi connectivity index (χ0v) is 11.0. The minimum absolute atomic E-state index is 0.510. The average Bonchev–Trinajstić information content (AvgIpc) is 2.90. The van der Waals surface area contributed by atoms with Crippen LogP contribution in [0.5, 0.6) is 0 Å². The second kappa shape index (κ2) is 3.73. The normalized spacial score (nSPS) is 45.4. The maximum Gasteiger partial charge on any atom is 0.0263 e. The molecular weight excluding hydrogens is 194 g/mol. The van der Waals surface area contributed by atoms with E-state index < -0.39 is 0 Å². The zero-order valence-electron chi connectivity index (χ0n) is 11.0. The summed E-state index contributed by atoms with van der Waals surface area (Å²) in [5.74, 6) is 2.05. The Labute approximate surface area is 100 Å². The summed E-state index contributed by atoms with van der Waals surface area (Å²) in [5, 5.41) is 3.82. The number of nitrogens with one attached hydrogen (secondary N) is 1. The Morgan fingerprint density at radius 1 is 1.06 bits per heavy atom. The van der Waals surface area contributed by atoms with Gasteiger partial charge in [0.2, 0.25) is 0 Å². The molecule has 0 aromatic rings. The van der Waals surface area contributed by atoms with Gasteiger partial charge in [-0.15, -0.1) is 0 Å². The van der Waals surface area contributed by atoms with E-state index in [4.69, 9.17) is 0 Å². The highest BCUT2D eigenvalue weighted by Gasteiger charge is 2.65. The van der Waals surface area contributed by atoms with Gasteiger partial charge in [0.25, 0.3) is 0 Å². The quantitative estimate of drug-likeness (QED) is 0.749. The molecule has 1 spiro atoms. The summed E-state index contributed by atoms with van der Waals surface area (Å²) in [7, 11) is 2.24. The molecule has 1 N–H and O–H groups in total. The number of hydrogen-bond donors (Lipinski definition) is 1. The van der Waals surface area contributed by atoms with Gasteiger partial charge in [-0.25, -0.2) is 0 Å². The van der Waals surface area contributed by atoms with Crippen LogP contribution in [-0.2, 0) is 0 Å². The minimum Gasteiger partial charge on any atom is -0.313 e. The third-order valence-corrected chi connectivity index (χ3v) is 6.55. The summed E-state index contributed by atoms with van der Waals surface area (Å²) in [6.07, 6.45) is 13.4. The molecule has 0 radical (unpaired) electrons. The first-order chi connectivity index (χ1) is 7.79. The van der Waals surface area contributed by atoms with Crippen molar-refractivity contribution >= 4 is 0 Å². The smallest absolute Gasteiger partial charge is 0.0263 e. The minimum atomic E-state index is 0.510. The van der Waals surface area contributed by atoms with Crippen molar-refractivity contribution in [1.82, 2.24) is 5.32 Å². The van der Waals surface area contributed by atoms with Gasteiger partial charge in [-0.3, -0.25) is 0 Å². The van der Waals surface area contributed by atoms with Crippen molar-refractivity contribution in [1.29, 1.82) is 0 Å². The molecule has 3 atom stereocenters. The van der Waals surface area contributed by atoms with E-state index in [1.165, 1.54) is 57.8 Å². The topological polar surface area (TPSA) is 12.0 Å². The molecule has 0 aromatic heterocycles. The van der Waals surface area contributed by atoms with Crippen LogP contribution in [0.3, 0.4) is 0 Å². The molecule has 3 rings (SSSR count). The van der Waals surface area contributed by atoms with Gasteiger partial charge in [0.1, 0.15) is 0 Å². The lowest BCUT2D eigenvalue weighted by molar-refractivity contribution is -0.0137. The van der Waals surface area contributed by atoms with Crippen LogP contribution in [0, 0.1) is 17.3 Å². The maximum atomic E-state index is 3.82. The molecule has 0 amide bonds. The van der Waals surface area contributed by atoms with E-state index in [0.717, 1.165) is 11.8 Å². The molecule has 0 aliphatic heterocycles. The van der Waals surface area contributed by atoms with Crippen molar-refractivity contribution < 1.29 is 0 Å². The van der Waals surface area contributed by atoms with E-state index in [9.17, 15) is 0 Å². The van der Waals surface area contributed by atoms with Gasteiger partial charge in [-0.05, 0) is 62.8 Å². The third-order valence-electron chi connectivity index (χ3n) is 6.55. The van der Waals surface area contributed by atoms with Crippen LogP contribution in [0.1, 0.15) is 64.7 Å². The van der Waals surface area contributed by atoms with Gasteiger partial charge < -0.3 is 5.32 Å². The molecule has 1 heteroatoms. The fraction of sp³-hybridized carbons (Fsp3) is 1.00. The lowest BCUT2D eigenvalue weighted by Gasteiger charge is -2.55. The molecule has 0 heterocycles. The van der Waals surface area contributed by atoms with E-state index in [1.807, 2.05) is 0 Å². The fourth-order valence-electron chi connectivity index (χ4n) is 6.01. The Hall–Kier alpha value is -0.0400. The monoisotopic (exact) mass is 221 g/mol. The van der Waals surface area contributed by atoms with Crippen molar-refractivity contribution in [3.8, 4) is 0 Å². The van der Waals surface area contributed by atoms with Gasteiger partial charge in [-0.2, -0.15) is 0 Å². The number of rotatable bonds is 2. The van der Waals surface area contributed by atoms with Gasteiger partial charge >= 0.3 is 0 Å². The first kappa shape index (κ1) is 11.1. The van der Waals surface area contributed by atoms with Crippen LogP contribution in [0.4, 0.5) is 0 Å². The summed E-state index contributed by atoms with van der Waals surface area (Å²) < 4.78 is 0. The van der Waals surface area contributed by atoms with E-state index in [0.29, 0.717) is 11.0 Å². The summed E-state index contributed by atoms with van der Waals surface area (Å²) in [4.78, 5) is 0. The molecule has 1 nitrogen and oxygen atoms in total. The highest BCUT2D eigenvalue weighted by molar-refractivity contribution is 5.18. The molecule has 2 bridgehead atoms. The second-order valence-corrected chi connectivity index (χ2v) is 6.50. The third kappa shape index (κ3) is 1.11. The summed E-state index contributed by atoms with van der Waals surface area (Å²) in [5.41, 5.74) is 1.20. The van der Waals surface area contributed by atoms with Crippen molar-refractivity contribution in [2.75, 3.05) is 7.05 Å². The van der Waals surface area contributed by atoms with Crippen LogP contribution in [0.15, 0.2) is 0 Å². The molecular formula is C15H27N. The van der Waals surface area contributed by atoms with Crippen molar-refractivity contribution in [3.63, 3.8) is 0 Å². The van der Waals surface area contributed by atoms with Crippen LogP contribution in [0.2, 0.25) is 0 Å². The molecule has 0 aromatic carbocycles. The molecule has 3 aliphatic carbocycles. The molecule has 0 saturated heterocycles. The first-order valence-electron chi connectivity index (χ1n) is 7.48. The lowest BCUT2D eigenvalue weighted by atomic mass is 9.54. The largest absolute Gasteiger partial charge is 0.313 e. The lowest BCUT2D eigenvalue weighted by Crippen LogP contribution is -2.61. The predicted octanol–water partition coefficient (Wildman–Crippen LogP) is 3.74. The Kier molecular flexibility index (Phi) is 2.58. The van der Waals surface area contributed by atoms with Crippen LogP contribution in [-0.4, -0.2) is 12.6 Å². The second-order valence-electron chi connectivity index (χ2n) is 6.50. The summed E-state index contributed by atoms with van der Waals surface area (Å²) >= 11 is 0. The van der Waals surface area contributed by atoms with Crippen LogP contribution >= 0.6 is 0 Å².